The number of aryl methyl sites for hydroxylation is 1. The highest BCUT2D eigenvalue weighted by molar-refractivity contribution is 7.98. The van der Waals surface area contributed by atoms with Crippen molar-refractivity contribution in [2.45, 2.75) is 31.0 Å². The van der Waals surface area contributed by atoms with Crippen molar-refractivity contribution in [3.8, 4) is 16.3 Å². The first-order valence-electron chi connectivity index (χ1n) is 9.68. The zero-order chi connectivity index (χ0) is 21.6. The van der Waals surface area contributed by atoms with Crippen molar-refractivity contribution in [3.63, 3.8) is 0 Å². The van der Waals surface area contributed by atoms with Gasteiger partial charge in [0.15, 0.2) is 11.0 Å². The second-order valence-corrected chi connectivity index (χ2v) is 9.08. The number of hydrogen-bond acceptors (Lipinski definition) is 6. The van der Waals surface area contributed by atoms with E-state index in [9.17, 15) is 0 Å². The summed E-state index contributed by atoms with van der Waals surface area (Å²) in [6.07, 6.45) is 1.83. The summed E-state index contributed by atoms with van der Waals surface area (Å²) >= 11 is 9.20. The third-order valence-electron chi connectivity index (χ3n) is 4.45. The number of ether oxygens (including phenoxy) is 1. The molecule has 2 aromatic carbocycles. The molecule has 4 aromatic rings. The van der Waals surface area contributed by atoms with Crippen LogP contribution in [0.15, 0.2) is 71.7 Å². The first-order chi connectivity index (χ1) is 15.1. The molecule has 8 heteroatoms. The average Bonchev–Trinajstić information content (AvgIpc) is 3.39. The minimum Gasteiger partial charge on any atom is -0.486 e. The number of aromatic nitrogens is 4. The third kappa shape index (κ3) is 5.55. The van der Waals surface area contributed by atoms with Gasteiger partial charge in [-0.05, 0) is 37.3 Å². The number of hydrogen-bond donors (Lipinski definition) is 0. The molecule has 0 radical (unpaired) electrons. The summed E-state index contributed by atoms with van der Waals surface area (Å²) in [4.78, 5) is 4.79. The van der Waals surface area contributed by atoms with Crippen LogP contribution in [0.2, 0.25) is 5.02 Å². The van der Waals surface area contributed by atoms with Gasteiger partial charge in [-0.2, -0.15) is 0 Å². The first-order valence-corrected chi connectivity index (χ1v) is 11.9. The molecule has 0 unspecified atom stereocenters. The van der Waals surface area contributed by atoms with Crippen molar-refractivity contribution in [1.29, 1.82) is 0 Å². The van der Waals surface area contributed by atoms with Gasteiger partial charge in [0, 0.05) is 28.3 Å². The number of thiazole rings is 1. The summed E-state index contributed by atoms with van der Waals surface area (Å²) in [6.45, 7) is 6.88. The molecule has 2 aromatic heterocycles. The number of thioether (sulfide) groups is 1. The van der Waals surface area contributed by atoms with Gasteiger partial charge in [-0.3, -0.25) is 4.57 Å². The van der Waals surface area contributed by atoms with Crippen LogP contribution >= 0.6 is 34.7 Å². The van der Waals surface area contributed by atoms with Crippen LogP contribution in [0.25, 0.3) is 10.6 Å². The quantitative estimate of drug-likeness (QED) is 0.209. The Morgan fingerprint density at radius 2 is 2.03 bits per heavy atom. The number of allylic oxidation sites excluding steroid dienone is 1. The van der Waals surface area contributed by atoms with Gasteiger partial charge in [0.25, 0.3) is 0 Å². The SMILES string of the molecule is C=CCn1c(COc2ccc(Cl)cc2)nnc1SCc1csc(-c2cccc(C)c2)n1. The largest absolute Gasteiger partial charge is 0.486 e. The van der Waals surface area contributed by atoms with Crippen molar-refractivity contribution in [1.82, 2.24) is 19.7 Å². The fourth-order valence-electron chi connectivity index (χ4n) is 2.95. The van der Waals surface area contributed by atoms with Crippen LogP contribution < -0.4 is 4.74 Å². The lowest BCUT2D eigenvalue weighted by molar-refractivity contribution is 0.289. The average molecular weight is 469 g/mol. The predicted molar refractivity (Wildman–Crippen MR) is 128 cm³/mol. The molecule has 2 heterocycles. The number of benzene rings is 2. The van der Waals surface area contributed by atoms with Gasteiger partial charge >= 0.3 is 0 Å². The Labute approximate surface area is 194 Å². The van der Waals surface area contributed by atoms with E-state index in [0.717, 1.165) is 38.7 Å². The standard InChI is InChI=1S/C23H21ClN4OS2/c1-3-11-28-21(13-29-20-9-7-18(24)8-10-20)26-27-23(28)31-15-19-14-30-22(25-19)17-6-4-5-16(2)12-17/h3-10,12,14H,1,11,13,15H2,2H3. The zero-order valence-electron chi connectivity index (χ0n) is 17.0. The smallest absolute Gasteiger partial charge is 0.191 e. The summed E-state index contributed by atoms with van der Waals surface area (Å²) in [6, 6.07) is 15.7. The van der Waals surface area contributed by atoms with Gasteiger partial charge in [-0.25, -0.2) is 4.98 Å². The molecule has 0 saturated heterocycles. The van der Waals surface area contributed by atoms with Crippen LogP contribution in [-0.2, 0) is 18.9 Å². The molecule has 5 nitrogen and oxygen atoms in total. The van der Waals surface area contributed by atoms with Crippen LogP contribution in [0, 0.1) is 6.92 Å². The molecule has 0 amide bonds. The number of rotatable bonds is 9. The lowest BCUT2D eigenvalue weighted by atomic mass is 10.1. The highest BCUT2D eigenvalue weighted by Crippen LogP contribution is 2.28. The summed E-state index contributed by atoms with van der Waals surface area (Å²) < 4.78 is 7.85. The van der Waals surface area contributed by atoms with Crippen molar-refractivity contribution in [3.05, 3.63) is 88.7 Å². The van der Waals surface area contributed by atoms with Crippen LogP contribution in [0.4, 0.5) is 0 Å². The first kappa shape index (κ1) is 21.6. The van der Waals surface area contributed by atoms with E-state index < -0.39 is 0 Å². The van der Waals surface area contributed by atoms with E-state index >= 15 is 0 Å². The molecule has 0 aliphatic heterocycles. The minimum atomic E-state index is 0.317. The van der Waals surface area contributed by atoms with Crippen molar-refractivity contribution in [2.75, 3.05) is 0 Å². The molecule has 0 fully saturated rings. The Bertz CT molecular complexity index is 1170. The van der Waals surface area contributed by atoms with Crippen molar-refractivity contribution < 1.29 is 4.74 Å². The molecule has 0 saturated carbocycles. The Kier molecular flexibility index (Phi) is 7.06. The van der Waals surface area contributed by atoms with Crippen LogP contribution in [0.5, 0.6) is 5.75 Å². The second kappa shape index (κ2) is 10.1. The van der Waals surface area contributed by atoms with Crippen LogP contribution in [-0.4, -0.2) is 19.7 Å². The second-order valence-electron chi connectivity index (χ2n) is 6.84. The fourth-order valence-corrected chi connectivity index (χ4v) is 4.85. The van der Waals surface area contributed by atoms with E-state index in [1.165, 1.54) is 5.56 Å². The van der Waals surface area contributed by atoms with E-state index in [-0.39, 0.29) is 0 Å². The molecule has 0 bridgehead atoms. The third-order valence-corrected chi connectivity index (χ3v) is 6.65. The van der Waals surface area contributed by atoms with Gasteiger partial charge in [0.2, 0.25) is 0 Å². The van der Waals surface area contributed by atoms with Gasteiger partial charge in [0.1, 0.15) is 17.4 Å². The van der Waals surface area contributed by atoms with Crippen molar-refractivity contribution in [2.24, 2.45) is 0 Å². The lowest BCUT2D eigenvalue weighted by Gasteiger charge is -2.09. The highest BCUT2D eigenvalue weighted by Gasteiger charge is 2.14. The maximum absolute atomic E-state index is 5.93. The van der Waals surface area contributed by atoms with Gasteiger partial charge in [-0.1, -0.05) is 53.2 Å². The Morgan fingerprint density at radius 1 is 1.19 bits per heavy atom. The fraction of sp³-hybridized carbons (Fsp3) is 0.174. The van der Waals surface area contributed by atoms with Crippen LogP contribution in [0.3, 0.4) is 0 Å². The van der Waals surface area contributed by atoms with Crippen LogP contribution in [0.1, 0.15) is 17.1 Å². The maximum atomic E-state index is 5.93. The predicted octanol–water partition coefficient (Wildman–Crippen LogP) is 6.42. The highest BCUT2D eigenvalue weighted by atomic mass is 35.5. The van der Waals surface area contributed by atoms with Gasteiger partial charge < -0.3 is 4.74 Å². The maximum Gasteiger partial charge on any atom is 0.191 e. The monoisotopic (exact) mass is 468 g/mol. The number of halogens is 1. The zero-order valence-corrected chi connectivity index (χ0v) is 19.4. The Hall–Kier alpha value is -2.61. The van der Waals surface area contributed by atoms with E-state index in [0.29, 0.717) is 18.2 Å². The van der Waals surface area contributed by atoms with E-state index in [2.05, 4.69) is 53.3 Å². The molecule has 31 heavy (non-hydrogen) atoms. The summed E-state index contributed by atoms with van der Waals surface area (Å²) in [7, 11) is 0. The van der Waals surface area contributed by atoms with E-state index in [4.69, 9.17) is 21.3 Å². The summed E-state index contributed by atoms with van der Waals surface area (Å²) in [5.41, 5.74) is 3.41. The molecule has 0 spiro atoms. The molecule has 0 aliphatic rings. The summed E-state index contributed by atoms with van der Waals surface area (Å²) in [5, 5.41) is 13.3. The molecule has 0 N–H and O–H groups in total. The van der Waals surface area contributed by atoms with E-state index in [1.54, 1.807) is 35.2 Å². The molecular formula is C23H21ClN4OS2. The lowest BCUT2D eigenvalue weighted by Crippen LogP contribution is -2.07. The molecule has 158 valence electrons. The van der Waals surface area contributed by atoms with Crippen molar-refractivity contribution >= 4 is 34.7 Å². The normalized spacial score (nSPS) is 10.9. The molecule has 4 rings (SSSR count). The summed E-state index contributed by atoms with van der Waals surface area (Å²) in [5.74, 6) is 2.20. The Morgan fingerprint density at radius 3 is 2.81 bits per heavy atom. The van der Waals surface area contributed by atoms with E-state index in [1.807, 2.05) is 22.8 Å². The topological polar surface area (TPSA) is 52.8 Å². The number of nitrogens with zero attached hydrogens (tertiary/aromatic N) is 4. The molecule has 0 atom stereocenters. The Balaban J connectivity index is 1.42. The van der Waals surface area contributed by atoms with Gasteiger partial charge in [0.05, 0.1) is 5.69 Å². The molecular weight excluding hydrogens is 448 g/mol. The van der Waals surface area contributed by atoms with Gasteiger partial charge in [-0.15, -0.1) is 28.1 Å². The minimum absolute atomic E-state index is 0.317. The molecule has 0 aliphatic carbocycles.